The number of aliphatic hydroxyl groups excluding tert-OH is 1. The molecule has 0 aromatic heterocycles. The fourth-order valence-corrected chi connectivity index (χ4v) is 5.08. The summed E-state index contributed by atoms with van der Waals surface area (Å²) in [6.07, 6.45) is 2.77. The molecule has 0 aromatic rings. The highest BCUT2D eigenvalue weighted by Gasteiger charge is 2.40. The molecule has 1 saturated carbocycles. The van der Waals surface area contributed by atoms with E-state index in [2.05, 4.69) is 19.2 Å². The molecule has 0 aromatic carbocycles. The van der Waals surface area contributed by atoms with Gasteiger partial charge in [-0.25, -0.2) is 8.42 Å². The summed E-state index contributed by atoms with van der Waals surface area (Å²) in [6.45, 7) is 4.44. The van der Waals surface area contributed by atoms with Gasteiger partial charge in [0.2, 0.25) is 0 Å². The van der Waals surface area contributed by atoms with Crippen molar-refractivity contribution in [1.29, 1.82) is 0 Å². The van der Waals surface area contributed by atoms with Gasteiger partial charge in [0.05, 0.1) is 17.6 Å². The van der Waals surface area contributed by atoms with Gasteiger partial charge >= 0.3 is 0 Å². The average Bonchev–Trinajstić information content (AvgIpc) is 2.69. The zero-order chi connectivity index (χ0) is 12.6. The number of hydrogen-bond donors (Lipinski definition) is 2. The van der Waals surface area contributed by atoms with Crippen molar-refractivity contribution in [2.75, 3.05) is 11.5 Å². The van der Waals surface area contributed by atoms with Crippen LogP contribution in [0.1, 0.15) is 33.1 Å². The first-order valence-corrected chi connectivity index (χ1v) is 8.39. The molecular formula is C12H23NO3S. The van der Waals surface area contributed by atoms with Crippen LogP contribution in [0.4, 0.5) is 0 Å². The minimum absolute atomic E-state index is 0.0804. The zero-order valence-electron chi connectivity index (χ0n) is 10.6. The second-order valence-corrected chi connectivity index (χ2v) is 7.78. The third-order valence-electron chi connectivity index (χ3n) is 4.50. The molecule has 0 radical (unpaired) electrons. The lowest BCUT2D eigenvalue weighted by Gasteiger charge is -2.25. The molecule has 1 aliphatic heterocycles. The van der Waals surface area contributed by atoms with E-state index in [1.54, 1.807) is 0 Å². The molecule has 5 heteroatoms. The summed E-state index contributed by atoms with van der Waals surface area (Å²) in [7, 11) is -3.04. The second-order valence-electron chi connectivity index (χ2n) is 5.63. The van der Waals surface area contributed by atoms with Crippen LogP contribution in [-0.2, 0) is 9.84 Å². The highest BCUT2D eigenvalue weighted by Crippen LogP contribution is 2.34. The van der Waals surface area contributed by atoms with Crippen LogP contribution in [-0.4, -0.2) is 43.2 Å². The summed E-state index contributed by atoms with van der Waals surface area (Å²) >= 11 is 0. The normalized spacial score (nSPS) is 45.2. The molecule has 5 unspecified atom stereocenters. The van der Waals surface area contributed by atoms with Gasteiger partial charge in [-0.15, -0.1) is 0 Å². The van der Waals surface area contributed by atoms with Gasteiger partial charge in [-0.3, -0.25) is 0 Å². The highest BCUT2D eigenvalue weighted by atomic mass is 32.2. The Morgan fingerprint density at radius 3 is 2.41 bits per heavy atom. The minimum Gasteiger partial charge on any atom is -0.390 e. The highest BCUT2D eigenvalue weighted by molar-refractivity contribution is 7.91. The van der Waals surface area contributed by atoms with Crippen LogP contribution in [0.2, 0.25) is 0 Å². The lowest BCUT2D eigenvalue weighted by atomic mass is 9.93. The molecule has 2 fully saturated rings. The van der Waals surface area contributed by atoms with E-state index in [-0.39, 0.29) is 17.5 Å². The minimum atomic E-state index is -3.04. The molecular weight excluding hydrogens is 238 g/mol. The predicted molar refractivity (Wildman–Crippen MR) is 67.6 cm³/mol. The maximum Gasteiger partial charge on any atom is 0.154 e. The van der Waals surface area contributed by atoms with Crippen LogP contribution in [0.5, 0.6) is 0 Å². The second kappa shape index (κ2) is 4.86. The maximum atomic E-state index is 11.4. The van der Waals surface area contributed by atoms with Crippen LogP contribution in [0.15, 0.2) is 0 Å². The van der Waals surface area contributed by atoms with E-state index in [4.69, 9.17) is 0 Å². The van der Waals surface area contributed by atoms with E-state index in [1.807, 2.05) is 0 Å². The van der Waals surface area contributed by atoms with Crippen molar-refractivity contribution in [2.24, 2.45) is 11.8 Å². The first-order valence-electron chi connectivity index (χ1n) is 6.57. The van der Waals surface area contributed by atoms with Crippen molar-refractivity contribution in [3.05, 3.63) is 0 Å². The molecule has 0 amide bonds. The molecule has 0 bridgehead atoms. The summed E-state index contributed by atoms with van der Waals surface area (Å²) in [5, 5.41) is 13.1. The molecule has 2 rings (SSSR count). The van der Waals surface area contributed by atoms with E-state index in [0.29, 0.717) is 12.0 Å². The Labute approximate surface area is 104 Å². The Morgan fingerprint density at radius 2 is 1.94 bits per heavy atom. The quantitative estimate of drug-likeness (QED) is 0.779. The van der Waals surface area contributed by atoms with Gasteiger partial charge in [0.15, 0.2) is 9.84 Å². The van der Waals surface area contributed by atoms with Crippen LogP contribution in [0, 0.1) is 11.8 Å². The zero-order valence-corrected chi connectivity index (χ0v) is 11.4. The Morgan fingerprint density at radius 1 is 1.24 bits per heavy atom. The van der Waals surface area contributed by atoms with E-state index in [9.17, 15) is 13.5 Å². The maximum absolute atomic E-state index is 11.4. The molecule has 1 aliphatic carbocycles. The number of hydrogen-bond acceptors (Lipinski definition) is 4. The van der Waals surface area contributed by atoms with Crippen molar-refractivity contribution in [1.82, 2.24) is 5.32 Å². The lowest BCUT2D eigenvalue weighted by molar-refractivity contribution is 0.153. The third-order valence-corrected chi connectivity index (χ3v) is 6.22. The van der Waals surface area contributed by atoms with Gasteiger partial charge in [0.25, 0.3) is 0 Å². The summed E-state index contributed by atoms with van der Waals surface area (Å²) in [6, 6.07) is 0.107. The number of rotatable bonds is 3. The molecule has 2 aliphatic rings. The van der Waals surface area contributed by atoms with Crippen LogP contribution in [0.3, 0.4) is 0 Å². The summed E-state index contributed by atoms with van der Waals surface area (Å²) in [4.78, 5) is 0. The Bertz CT molecular complexity index is 368. The summed E-state index contributed by atoms with van der Waals surface area (Å²) in [5.74, 6) is 1.33. The molecule has 4 nitrogen and oxygen atoms in total. The average molecular weight is 261 g/mol. The first-order chi connectivity index (χ1) is 7.93. The largest absolute Gasteiger partial charge is 0.390 e. The van der Waals surface area contributed by atoms with Crippen LogP contribution in [0.25, 0.3) is 0 Å². The molecule has 100 valence electrons. The van der Waals surface area contributed by atoms with Crippen molar-refractivity contribution in [3.8, 4) is 0 Å². The van der Waals surface area contributed by atoms with E-state index >= 15 is 0 Å². The van der Waals surface area contributed by atoms with Crippen molar-refractivity contribution >= 4 is 9.84 Å². The topological polar surface area (TPSA) is 66.4 Å². The first kappa shape index (κ1) is 13.3. The van der Waals surface area contributed by atoms with Gasteiger partial charge < -0.3 is 10.4 Å². The van der Waals surface area contributed by atoms with Crippen LogP contribution >= 0.6 is 0 Å². The fourth-order valence-electron chi connectivity index (χ4n) is 3.32. The van der Waals surface area contributed by atoms with Crippen molar-refractivity contribution in [2.45, 2.75) is 51.3 Å². The molecule has 2 N–H and O–H groups in total. The number of aliphatic hydroxyl groups is 1. The monoisotopic (exact) mass is 261 g/mol. The summed E-state index contributed by atoms with van der Waals surface area (Å²) < 4.78 is 22.9. The standard InChI is InChI=1S/C12H23NO3S/c1-3-9-4-5-10(8(9)2)13-11-6-17(15,16)7-12(11)14/h8-14H,3-7H2,1-2H3. The Kier molecular flexibility index (Phi) is 3.80. The van der Waals surface area contributed by atoms with Gasteiger partial charge in [-0.1, -0.05) is 20.3 Å². The molecule has 17 heavy (non-hydrogen) atoms. The van der Waals surface area contributed by atoms with Gasteiger partial charge in [-0.05, 0) is 24.7 Å². The van der Waals surface area contributed by atoms with E-state index in [1.165, 1.54) is 12.8 Å². The molecule has 1 heterocycles. The third kappa shape index (κ3) is 2.83. The van der Waals surface area contributed by atoms with Crippen molar-refractivity contribution < 1.29 is 13.5 Å². The van der Waals surface area contributed by atoms with Gasteiger partial charge in [-0.2, -0.15) is 0 Å². The van der Waals surface area contributed by atoms with Crippen molar-refractivity contribution in [3.63, 3.8) is 0 Å². The Hall–Kier alpha value is -0.130. The SMILES string of the molecule is CCC1CCC(NC2CS(=O)(=O)CC2O)C1C. The lowest BCUT2D eigenvalue weighted by Crippen LogP contribution is -2.46. The summed E-state index contributed by atoms with van der Waals surface area (Å²) in [5.41, 5.74) is 0. The fraction of sp³-hybridized carbons (Fsp3) is 1.00. The van der Waals surface area contributed by atoms with E-state index < -0.39 is 15.9 Å². The van der Waals surface area contributed by atoms with Crippen LogP contribution < -0.4 is 5.32 Å². The van der Waals surface area contributed by atoms with Gasteiger partial charge in [0, 0.05) is 12.1 Å². The number of sulfone groups is 1. The van der Waals surface area contributed by atoms with Gasteiger partial charge in [0.1, 0.15) is 0 Å². The smallest absolute Gasteiger partial charge is 0.154 e. The molecule has 5 atom stereocenters. The number of nitrogens with one attached hydrogen (secondary N) is 1. The predicted octanol–water partition coefficient (Wildman–Crippen LogP) is 0.559. The van der Waals surface area contributed by atoms with E-state index in [0.717, 1.165) is 12.3 Å². The molecule has 0 spiro atoms. The Balaban J connectivity index is 1.94. The molecule has 1 saturated heterocycles.